The first-order valence-corrected chi connectivity index (χ1v) is 10.8. The van der Waals surface area contributed by atoms with E-state index in [1.165, 1.54) is 38.8 Å². The van der Waals surface area contributed by atoms with Gasteiger partial charge in [-0.05, 0) is 75.6 Å². The first-order chi connectivity index (χ1) is 13.2. The van der Waals surface area contributed by atoms with Crippen molar-refractivity contribution >= 4 is 28.5 Å². The Kier molecular flexibility index (Phi) is 3.64. The average molecular weight is 385 g/mol. The molecule has 0 saturated carbocycles. The lowest BCUT2D eigenvalue weighted by Gasteiger charge is -2.58. The molecule has 0 radical (unpaired) electrons. The summed E-state index contributed by atoms with van der Waals surface area (Å²) in [5, 5.41) is 1.28. The monoisotopic (exact) mass is 384 g/mol. The van der Waals surface area contributed by atoms with E-state index in [9.17, 15) is 4.79 Å². The van der Waals surface area contributed by atoms with Crippen molar-refractivity contribution in [2.24, 2.45) is 11.8 Å². The van der Waals surface area contributed by atoms with Gasteiger partial charge < -0.3 is 9.32 Å². The fraction of sp³-hybridized carbons (Fsp3) is 0.591. The van der Waals surface area contributed by atoms with Gasteiger partial charge in [-0.3, -0.25) is 9.69 Å². The lowest BCUT2D eigenvalue weighted by atomic mass is 9.68. The van der Waals surface area contributed by atoms with Gasteiger partial charge in [0.05, 0.1) is 10.9 Å². The zero-order chi connectivity index (χ0) is 18.1. The molecule has 3 fully saturated rings. The summed E-state index contributed by atoms with van der Waals surface area (Å²) in [4.78, 5) is 18.4. The molecule has 27 heavy (non-hydrogen) atoms. The predicted octanol–water partition coefficient (Wildman–Crippen LogP) is 4.07. The highest BCUT2D eigenvalue weighted by Gasteiger charge is 2.50. The van der Waals surface area contributed by atoms with Gasteiger partial charge in [0.2, 0.25) is 5.88 Å². The summed E-state index contributed by atoms with van der Waals surface area (Å²) < 4.78 is 6.36. The molecular weight excluding hydrogens is 360 g/mol. The predicted molar refractivity (Wildman–Crippen MR) is 108 cm³/mol. The van der Waals surface area contributed by atoms with Crippen molar-refractivity contribution in [3.63, 3.8) is 0 Å². The van der Waals surface area contributed by atoms with Crippen LogP contribution in [0.1, 0.15) is 37.7 Å². The van der Waals surface area contributed by atoms with Crippen LogP contribution in [0.5, 0.6) is 0 Å². The molecule has 4 aliphatic rings. The molecule has 0 N–H and O–H groups in total. The lowest BCUT2D eigenvalue weighted by molar-refractivity contribution is -0.0152. The second-order valence-corrected chi connectivity index (χ2v) is 9.29. The Morgan fingerprint density at radius 2 is 1.96 bits per heavy atom. The average Bonchev–Trinajstić information content (AvgIpc) is 2.68. The van der Waals surface area contributed by atoms with E-state index < -0.39 is 0 Å². The Morgan fingerprint density at radius 3 is 2.85 bits per heavy atom. The molecule has 0 amide bonds. The number of benzene rings is 1. The highest BCUT2D eigenvalue weighted by Crippen LogP contribution is 2.47. The molecule has 1 aromatic heterocycles. The molecule has 0 aliphatic carbocycles. The quantitative estimate of drug-likeness (QED) is 0.686. The van der Waals surface area contributed by atoms with Crippen molar-refractivity contribution in [2.75, 3.05) is 24.5 Å². The second-order valence-electron chi connectivity index (χ2n) is 8.85. The molecule has 142 valence electrons. The van der Waals surface area contributed by atoms with Crippen LogP contribution in [0, 0.1) is 11.8 Å². The number of hydrogen-bond acceptors (Lipinski definition) is 4. The third kappa shape index (κ3) is 2.35. The fourth-order valence-corrected chi connectivity index (χ4v) is 6.70. The zero-order valence-electron chi connectivity index (χ0n) is 15.5. The SMILES string of the molecule is O=c1c2c(oc3cc(Cl)ccc13)N1C[C@@H]3CCCN4CCC[C@@H]([C@H]34)[C@H]1CC2. The van der Waals surface area contributed by atoms with Gasteiger partial charge in [0.1, 0.15) is 5.58 Å². The topological polar surface area (TPSA) is 36.7 Å². The molecule has 4 nitrogen and oxygen atoms in total. The third-order valence-electron chi connectivity index (χ3n) is 7.55. The van der Waals surface area contributed by atoms with Crippen molar-refractivity contribution in [1.29, 1.82) is 0 Å². The van der Waals surface area contributed by atoms with E-state index in [4.69, 9.17) is 16.0 Å². The van der Waals surface area contributed by atoms with E-state index in [0.29, 0.717) is 33.9 Å². The van der Waals surface area contributed by atoms with Gasteiger partial charge in [0.15, 0.2) is 5.43 Å². The summed E-state index contributed by atoms with van der Waals surface area (Å²) in [6.07, 6.45) is 7.15. The van der Waals surface area contributed by atoms with E-state index >= 15 is 0 Å². The molecule has 0 unspecified atom stereocenters. The van der Waals surface area contributed by atoms with Crippen LogP contribution in [0.4, 0.5) is 5.88 Å². The summed E-state index contributed by atoms with van der Waals surface area (Å²) in [7, 11) is 0. The van der Waals surface area contributed by atoms with E-state index in [2.05, 4.69) is 9.80 Å². The maximum Gasteiger partial charge on any atom is 0.203 e. The van der Waals surface area contributed by atoms with Crippen LogP contribution in [-0.2, 0) is 6.42 Å². The van der Waals surface area contributed by atoms with Crippen molar-refractivity contribution in [1.82, 2.24) is 4.90 Å². The van der Waals surface area contributed by atoms with Crippen LogP contribution in [0.2, 0.25) is 5.02 Å². The smallest absolute Gasteiger partial charge is 0.203 e. The van der Waals surface area contributed by atoms with Gasteiger partial charge in [0, 0.05) is 29.7 Å². The summed E-state index contributed by atoms with van der Waals surface area (Å²) >= 11 is 6.17. The maximum absolute atomic E-state index is 13.1. The van der Waals surface area contributed by atoms with Crippen LogP contribution >= 0.6 is 11.6 Å². The summed E-state index contributed by atoms with van der Waals surface area (Å²) in [5.41, 5.74) is 1.64. The highest BCUT2D eigenvalue weighted by atomic mass is 35.5. The standard InChI is InChI=1S/C22H25ClN2O2/c23-14-5-6-16-19(11-14)27-22-17(21(16)26)7-8-18-15-4-2-10-24-9-1-3-13(20(15)24)12-25(18)22/h5-6,11,13,15,18,20H,1-4,7-10,12H2/t13-,15+,18+,20-/m0/s1. The Morgan fingerprint density at radius 1 is 1.11 bits per heavy atom. The fourth-order valence-electron chi connectivity index (χ4n) is 6.54. The summed E-state index contributed by atoms with van der Waals surface area (Å²) in [6, 6.07) is 6.64. The number of anilines is 1. The van der Waals surface area contributed by atoms with Crippen molar-refractivity contribution in [3.8, 4) is 0 Å². The summed E-state index contributed by atoms with van der Waals surface area (Å²) in [6.45, 7) is 3.59. The van der Waals surface area contributed by atoms with E-state index in [1.807, 2.05) is 6.07 Å². The molecule has 3 saturated heterocycles. The lowest BCUT2D eigenvalue weighted by Crippen LogP contribution is -2.65. The molecule has 5 heterocycles. The van der Waals surface area contributed by atoms with E-state index in [0.717, 1.165) is 36.9 Å². The molecule has 6 rings (SSSR count). The molecular formula is C22H25ClN2O2. The highest BCUT2D eigenvalue weighted by molar-refractivity contribution is 6.31. The Bertz CT molecular complexity index is 969. The van der Waals surface area contributed by atoms with Crippen molar-refractivity contribution in [3.05, 3.63) is 39.0 Å². The Balaban J connectivity index is 1.48. The minimum atomic E-state index is 0.136. The zero-order valence-corrected chi connectivity index (χ0v) is 16.3. The third-order valence-corrected chi connectivity index (χ3v) is 7.79. The van der Waals surface area contributed by atoms with Gasteiger partial charge in [0.25, 0.3) is 0 Å². The number of nitrogens with zero attached hydrogens (tertiary/aromatic N) is 2. The van der Waals surface area contributed by atoms with Crippen LogP contribution in [-0.4, -0.2) is 36.6 Å². The minimum absolute atomic E-state index is 0.136. The van der Waals surface area contributed by atoms with Gasteiger partial charge in [-0.25, -0.2) is 0 Å². The first kappa shape index (κ1) is 16.4. The van der Waals surface area contributed by atoms with E-state index in [1.54, 1.807) is 12.1 Å². The van der Waals surface area contributed by atoms with Gasteiger partial charge in [-0.2, -0.15) is 0 Å². The second kappa shape index (κ2) is 5.99. The number of fused-ring (bicyclic) bond motifs is 5. The number of rotatable bonds is 0. The maximum atomic E-state index is 13.1. The molecule has 4 atom stereocenters. The van der Waals surface area contributed by atoms with Crippen molar-refractivity contribution < 1.29 is 4.42 Å². The Hall–Kier alpha value is -1.52. The largest absolute Gasteiger partial charge is 0.440 e. The van der Waals surface area contributed by atoms with Gasteiger partial charge in [-0.15, -0.1) is 0 Å². The molecule has 5 heteroatoms. The molecule has 0 spiro atoms. The van der Waals surface area contributed by atoms with Gasteiger partial charge in [-0.1, -0.05) is 11.6 Å². The van der Waals surface area contributed by atoms with Crippen LogP contribution in [0.15, 0.2) is 27.4 Å². The van der Waals surface area contributed by atoms with Crippen LogP contribution in [0.25, 0.3) is 11.0 Å². The minimum Gasteiger partial charge on any atom is -0.440 e. The molecule has 4 aliphatic heterocycles. The molecule has 1 aromatic carbocycles. The van der Waals surface area contributed by atoms with E-state index in [-0.39, 0.29) is 5.43 Å². The Labute approximate surface area is 164 Å². The number of halogens is 1. The first-order valence-electron chi connectivity index (χ1n) is 10.5. The molecule has 0 bridgehead atoms. The normalized spacial score (nSPS) is 32.7. The summed E-state index contributed by atoms with van der Waals surface area (Å²) in [5.74, 6) is 2.25. The van der Waals surface area contributed by atoms with Crippen LogP contribution in [0.3, 0.4) is 0 Å². The van der Waals surface area contributed by atoms with Gasteiger partial charge >= 0.3 is 0 Å². The van der Waals surface area contributed by atoms with Crippen molar-refractivity contribution in [2.45, 2.75) is 50.6 Å². The molecule has 2 aromatic rings. The number of hydrogen-bond donors (Lipinski definition) is 0. The number of piperidine rings is 3. The van der Waals surface area contributed by atoms with Crippen LogP contribution < -0.4 is 10.3 Å².